The van der Waals surface area contributed by atoms with Crippen molar-refractivity contribution in [3.05, 3.63) is 41.0 Å². The maximum absolute atomic E-state index is 10.9. The number of hydrogen-bond donors (Lipinski definition) is 0. The van der Waals surface area contributed by atoms with E-state index in [9.17, 15) is 9.90 Å². The molecule has 1 aliphatic rings. The fraction of sp³-hybridized carbons (Fsp3) is 0.250. The molecule has 15 heavy (non-hydrogen) atoms. The molecule has 3 heteroatoms. The van der Waals surface area contributed by atoms with E-state index in [2.05, 4.69) is 0 Å². The number of aliphatic carboxylic acids is 1. The lowest BCUT2D eigenvalue weighted by Crippen LogP contribution is -2.25. The fourth-order valence-electron chi connectivity index (χ4n) is 1.74. The van der Waals surface area contributed by atoms with Crippen molar-refractivity contribution in [2.45, 2.75) is 20.0 Å². The highest BCUT2D eigenvalue weighted by atomic mass is 16.5. The third-order valence-electron chi connectivity index (χ3n) is 2.51. The predicted molar refractivity (Wildman–Crippen MR) is 53.4 cm³/mol. The summed E-state index contributed by atoms with van der Waals surface area (Å²) in [5.74, 6) is -0.683. The Morgan fingerprint density at radius 2 is 2.20 bits per heavy atom. The van der Waals surface area contributed by atoms with Crippen LogP contribution in [-0.2, 0) is 16.1 Å². The van der Waals surface area contributed by atoms with Crippen LogP contribution in [0.3, 0.4) is 0 Å². The van der Waals surface area contributed by atoms with Gasteiger partial charge in [0, 0.05) is 16.7 Å². The molecular weight excluding hydrogens is 192 g/mol. The van der Waals surface area contributed by atoms with Crippen LogP contribution < -0.4 is 5.11 Å². The van der Waals surface area contributed by atoms with Crippen molar-refractivity contribution in [1.82, 2.24) is 0 Å². The summed E-state index contributed by atoms with van der Waals surface area (Å²) in [6, 6.07) is 7.59. The Labute approximate surface area is 88.0 Å². The number of carboxylic acid groups (broad SMARTS) is 1. The van der Waals surface area contributed by atoms with Crippen LogP contribution in [0.1, 0.15) is 24.5 Å². The zero-order chi connectivity index (χ0) is 10.8. The normalized spacial score (nSPS) is 16.9. The van der Waals surface area contributed by atoms with Crippen molar-refractivity contribution >= 4 is 11.7 Å². The summed E-state index contributed by atoms with van der Waals surface area (Å²) in [4.78, 5) is 10.9. The zero-order valence-electron chi connectivity index (χ0n) is 8.45. The molecule has 0 amide bonds. The van der Waals surface area contributed by atoms with E-state index in [1.807, 2.05) is 24.3 Å². The maximum atomic E-state index is 10.9. The molecule has 0 bridgehead atoms. The van der Waals surface area contributed by atoms with Crippen molar-refractivity contribution < 1.29 is 14.6 Å². The van der Waals surface area contributed by atoms with Crippen molar-refractivity contribution in [2.75, 3.05) is 0 Å². The lowest BCUT2D eigenvalue weighted by molar-refractivity contribution is -0.299. The van der Waals surface area contributed by atoms with E-state index in [-0.39, 0.29) is 5.57 Å². The topological polar surface area (TPSA) is 49.4 Å². The Kier molecular flexibility index (Phi) is 2.46. The molecule has 0 radical (unpaired) electrons. The van der Waals surface area contributed by atoms with E-state index in [0.717, 1.165) is 11.1 Å². The monoisotopic (exact) mass is 203 g/mol. The highest BCUT2D eigenvalue weighted by Gasteiger charge is 2.20. The Morgan fingerprint density at radius 3 is 2.87 bits per heavy atom. The second-order valence-corrected chi connectivity index (χ2v) is 3.39. The number of carbonyl (C=O) groups is 1. The van der Waals surface area contributed by atoms with Gasteiger partial charge in [0.15, 0.2) is 0 Å². The number of carboxylic acids is 1. The van der Waals surface area contributed by atoms with Crippen molar-refractivity contribution in [3.8, 4) is 0 Å². The molecule has 0 saturated carbocycles. The number of carbonyl (C=O) groups excluding carboxylic acids is 1. The summed E-state index contributed by atoms with van der Waals surface area (Å²) in [6.45, 7) is 2.23. The van der Waals surface area contributed by atoms with Crippen LogP contribution in [0.25, 0.3) is 5.76 Å². The van der Waals surface area contributed by atoms with Crippen molar-refractivity contribution in [1.29, 1.82) is 0 Å². The molecule has 0 unspecified atom stereocenters. The minimum atomic E-state index is -1.15. The minimum Gasteiger partial charge on any atom is -0.545 e. The van der Waals surface area contributed by atoms with Crippen LogP contribution in [0.15, 0.2) is 29.8 Å². The highest BCUT2D eigenvalue weighted by Crippen LogP contribution is 2.32. The van der Waals surface area contributed by atoms with Gasteiger partial charge in [0.25, 0.3) is 0 Å². The van der Waals surface area contributed by atoms with Crippen LogP contribution in [0, 0.1) is 0 Å². The largest absolute Gasteiger partial charge is 0.545 e. The van der Waals surface area contributed by atoms with Gasteiger partial charge >= 0.3 is 0 Å². The lowest BCUT2D eigenvalue weighted by Gasteiger charge is -2.10. The molecule has 1 aromatic rings. The smallest absolute Gasteiger partial charge is 0.132 e. The lowest BCUT2D eigenvalue weighted by atomic mass is 10.0. The van der Waals surface area contributed by atoms with Crippen LogP contribution in [-0.4, -0.2) is 5.97 Å². The third kappa shape index (κ3) is 1.61. The van der Waals surface area contributed by atoms with Gasteiger partial charge in [-0.1, -0.05) is 31.2 Å². The molecule has 1 heterocycles. The average Bonchev–Trinajstić information content (AvgIpc) is 2.63. The molecule has 0 N–H and O–H groups in total. The first kappa shape index (κ1) is 9.77. The van der Waals surface area contributed by atoms with Gasteiger partial charge < -0.3 is 14.6 Å². The Balaban J connectivity index is 2.54. The van der Waals surface area contributed by atoms with E-state index in [1.54, 1.807) is 6.92 Å². The summed E-state index contributed by atoms with van der Waals surface area (Å²) in [6.07, 6.45) is 0.409. The van der Waals surface area contributed by atoms with E-state index < -0.39 is 5.97 Å². The molecular formula is C12H11O3-. The van der Waals surface area contributed by atoms with Gasteiger partial charge in [-0.3, -0.25) is 0 Å². The predicted octanol–water partition coefficient (Wildman–Crippen LogP) is 1.09. The summed E-state index contributed by atoms with van der Waals surface area (Å²) >= 11 is 0. The molecule has 0 fully saturated rings. The summed E-state index contributed by atoms with van der Waals surface area (Å²) in [5, 5.41) is 10.9. The third-order valence-corrected chi connectivity index (χ3v) is 2.51. The fourth-order valence-corrected chi connectivity index (χ4v) is 1.74. The van der Waals surface area contributed by atoms with Gasteiger partial charge in [-0.05, 0) is 6.42 Å². The number of rotatable bonds is 2. The Hall–Kier alpha value is -1.77. The summed E-state index contributed by atoms with van der Waals surface area (Å²) < 4.78 is 5.40. The van der Waals surface area contributed by atoms with E-state index in [4.69, 9.17) is 4.74 Å². The summed E-state index contributed by atoms with van der Waals surface area (Å²) in [5.41, 5.74) is 2.14. The number of benzene rings is 1. The molecule has 3 nitrogen and oxygen atoms in total. The van der Waals surface area contributed by atoms with Crippen LogP contribution >= 0.6 is 0 Å². The Morgan fingerprint density at radius 1 is 1.47 bits per heavy atom. The van der Waals surface area contributed by atoms with Crippen LogP contribution in [0.5, 0.6) is 0 Å². The van der Waals surface area contributed by atoms with Gasteiger partial charge in [0.2, 0.25) is 0 Å². The minimum absolute atomic E-state index is 0.236. The average molecular weight is 203 g/mol. The molecule has 0 aliphatic carbocycles. The molecule has 0 atom stereocenters. The number of ether oxygens (including phenoxy) is 1. The van der Waals surface area contributed by atoms with E-state index in [0.29, 0.717) is 18.8 Å². The van der Waals surface area contributed by atoms with Gasteiger partial charge in [0.1, 0.15) is 12.4 Å². The number of fused-ring (bicyclic) bond motifs is 1. The SMILES string of the molecule is CCC(C(=O)[O-])=C1OCc2ccccc21. The molecule has 78 valence electrons. The molecule has 2 rings (SSSR count). The first-order chi connectivity index (χ1) is 7.24. The highest BCUT2D eigenvalue weighted by molar-refractivity contribution is 5.94. The summed E-state index contributed by atoms with van der Waals surface area (Å²) in [7, 11) is 0. The number of hydrogen-bond acceptors (Lipinski definition) is 3. The van der Waals surface area contributed by atoms with Crippen LogP contribution in [0.4, 0.5) is 0 Å². The van der Waals surface area contributed by atoms with Crippen molar-refractivity contribution in [3.63, 3.8) is 0 Å². The zero-order valence-corrected chi connectivity index (χ0v) is 8.45. The van der Waals surface area contributed by atoms with Gasteiger partial charge in [-0.15, -0.1) is 0 Å². The van der Waals surface area contributed by atoms with Gasteiger partial charge in [0.05, 0.1) is 5.97 Å². The molecule has 1 aliphatic heterocycles. The standard InChI is InChI=1S/C12H12O3/c1-2-9(12(13)14)11-10-6-4-3-5-8(10)7-15-11/h3-6H,2,7H2,1H3,(H,13,14)/p-1. The maximum Gasteiger partial charge on any atom is 0.132 e. The molecule has 1 aromatic carbocycles. The van der Waals surface area contributed by atoms with E-state index >= 15 is 0 Å². The van der Waals surface area contributed by atoms with E-state index in [1.165, 1.54) is 0 Å². The van der Waals surface area contributed by atoms with Gasteiger partial charge in [-0.25, -0.2) is 0 Å². The van der Waals surface area contributed by atoms with Gasteiger partial charge in [-0.2, -0.15) is 0 Å². The first-order valence-electron chi connectivity index (χ1n) is 4.89. The Bertz CT molecular complexity index is 432. The van der Waals surface area contributed by atoms with Crippen molar-refractivity contribution in [2.24, 2.45) is 0 Å². The second-order valence-electron chi connectivity index (χ2n) is 3.39. The molecule has 0 spiro atoms. The molecule has 0 saturated heterocycles. The second kappa shape index (κ2) is 3.77. The quantitative estimate of drug-likeness (QED) is 0.676. The molecule has 0 aromatic heterocycles. The first-order valence-corrected chi connectivity index (χ1v) is 4.89. The van der Waals surface area contributed by atoms with Crippen LogP contribution in [0.2, 0.25) is 0 Å².